The second-order valence-corrected chi connectivity index (χ2v) is 3.98. The van der Waals surface area contributed by atoms with Crippen molar-refractivity contribution in [3.63, 3.8) is 0 Å². The van der Waals surface area contributed by atoms with Crippen LogP contribution in [0.4, 0.5) is 4.79 Å². The quantitative estimate of drug-likeness (QED) is 0.577. The van der Waals surface area contributed by atoms with Gasteiger partial charge in [0.15, 0.2) is 0 Å². The van der Waals surface area contributed by atoms with Crippen LogP contribution in [0.1, 0.15) is 25.7 Å². The minimum Gasteiger partial charge on any atom is -0.428 e. The van der Waals surface area contributed by atoms with Gasteiger partial charge in [0.05, 0.1) is 0 Å². The zero-order valence-electron chi connectivity index (χ0n) is 10.8. The number of rotatable bonds is 8. The zero-order valence-corrected chi connectivity index (χ0v) is 10.8. The molecule has 1 N–H and O–H groups in total. The van der Waals surface area contributed by atoms with E-state index >= 15 is 0 Å². The van der Waals surface area contributed by atoms with Gasteiger partial charge < -0.3 is 14.8 Å². The van der Waals surface area contributed by atoms with Gasteiger partial charge in [0.2, 0.25) is 0 Å². The smallest absolute Gasteiger partial charge is 0.412 e. The molecule has 0 fully saturated rings. The Labute approximate surface area is 113 Å². The molecule has 0 saturated carbocycles. The van der Waals surface area contributed by atoms with Crippen molar-refractivity contribution in [2.24, 2.45) is 0 Å². The Morgan fingerprint density at radius 1 is 1.16 bits per heavy atom. The molecule has 0 aliphatic rings. The van der Waals surface area contributed by atoms with Crippen LogP contribution < -0.4 is 10.1 Å². The summed E-state index contributed by atoms with van der Waals surface area (Å²) >= 11 is 0. The minimum atomic E-state index is -0.431. The fraction of sp³-hybridized carbons (Fsp3) is 0.429. The second kappa shape index (κ2) is 9.77. The van der Waals surface area contributed by atoms with Crippen molar-refractivity contribution in [3.05, 3.63) is 30.3 Å². The second-order valence-electron chi connectivity index (χ2n) is 3.98. The largest absolute Gasteiger partial charge is 0.428 e. The normalized spacial score (nSPS) is 9.42. The third-order valence-electron chi connectivity index (χ3n) is 2.46. The Hall–Kier alpha value is -2.22. The maximum atomic E-state index is 11.4. The molecule has 0 radical (unpaired) electrons. The molecule has 5 nitrogen and oxygen atoms in total. The van der Waals surface area contributed by atoms with Crippen LogP contribution in [0.3, 0.4) is 0 Å². The first-order valence-electron chi connectivity index (χ1n) is 6.34. The van der Waals surface area contributed by atoms with E-state index in [0.29, 0.717) is 18.9 Å². The molecule has 1 aromatic carbocycles. The zero-order chi connectivity index (χ0) is 13.8. The number of carbonyl (C=O) groups is 1. The van der Waals surface area contributed by atoms with Crippen molar-refractivity contribution in [2.75, 3.05) is 13.2 Å². The maximum Gasteiger partial charge on any atom is 0.412 e. The van der Waals surface area contributed by atoms with Crippen LogP contribution >= 0.6 is 0 Å². The Kier molecular flexibility index (Phi) is 7.63. The van der Waals surface area contributed by atoms with Crippen LogP contribution in [-0.4, -0.2) is 19.2 Å². The summed E-state index contributed by atoms with van der Waals surface area (Å²) in [6.45, 7) is 1.06. The summed E-state index contributed by atoms with van der Waals surface area (Å²) in [5.41, 5.74) is 0. The van der Waals surface area contributed by atoms with Gasteiger partial charge in [0.1, 0.15) is 12.4 Å². The van der Waals surface area contributed by atoms with Crippen LogP contribution in [0, 0.1) is 11.5 Å². The van der Waals surface area contributed by atoms with E-state index in [1.807, 2.05) is 18.2 Å². The number of nitriles is 1. The molecular formula is C14H18N2O3. The molecule has 0 unspecified atom stereocenters. The predicted octanol–water partition coefficient (Wildman–Crippen LogP) is 2.83. The minimum absolute atomic E-state index is 0.431. The van der Waals surface area contributed by atoms with E-state index in [4.69, 9.17) is 10.00 Å². The first-order valence-corrected chi connectivity index (χ1v) is 6.34. The van der Waals surface area contributed by atoms with Gasteiger partial charge in [-0.3, -0.25) is 0 Å². The van der Waals surface area contributed by atoms with Crippen molar-refractivity contribution in [1.82, 2.24) is 5.32 Å². The number of nitrogens with zero attached hydrogens (tertiary/aromatic N) is 1. The van der Waals surface area contributed by atoms with Crippen LogP contribution in [0.25, 0.3) is 0 Å². The predicted molar refractivity (Wildman–Crippen MR) is 70.5 cm³/mol. The maximum absolute atomic E-state index is 11.4. The summed E-state index contributed by atoms with van der Waals surface area (Å²) in [4.78, 5) is 11.4. The number of hydrogen-bond donors (Lipinski definition) is 1. The molecule has 0 spiro atoms. The van der Waals surface area contributed by atoms with Crippen LogP contribution in [-0.2, 0) is 4.74 Å². The molecule has 19 heavy (non-hydrogen) atoms. The topological polar surface area (TPSA) is 71.3 Å². The molecule has 0 bridgehead atoms. The van der Waals surface area contributed by atoms with Crippen molar-refractivity contribution in [1.29, 1.82) is 5.26 Å². The molecule has 102 valence electrons. The molecule has 0 aliphatic heterocycles. The van der Waals surface area contributed by atoms with Crippen molar-refractivity contribution >= 4 is 6.09 Å². The fourth-order valence-electron chi connectivity index (χ4n) is 1.52. The van der Waals surface area contributed by atoms with E-state index in [9.17, 15) is 4.79 Å². The SMILES string of the molecule is N#COCCCCCCNC(=O)Oc1ccccc1. The van der Waals surface area contributed by atoms with Gasteiger partial charge >= 0.3 is 6.09 Å². The summed E-state index contributed by atoms with van der Waals surface area (Å²) in [5.74, 6) is 0.536. The number of ether oxygens (including phenoxy) is 2. The van der Waals surface area contributed by atoms with Gasteiger partial charge in [-0.1, -0.05) is 24.6 Å². The van der Waals surface area contributed by atoms with Crippen LogP contribution in [0.2, 0.25) is 0 Å². The summed E-state index contributed by atoms with van der Waals surface area (Å²) in [6.07, 6.45) is 4.92. The molecule has 5 heteroatoms. The molecule has 0 atom stereocenters. The summed E-state index contributed by atoms with van der Waals surface area (Å²) < 4.78 is 9.63. The molecule has 0 aromatic heterocycles. The lowest BCUT2D eigenvalue weighted by Crippen LogP contribution is -2.27. The van der Waals surface area contributed by atoms with E-state index in [2.05, 4.69) is 10.1 Å². The Morgan fingerprint density at radius 2 is 1.89 bits per heavy atom. The van der Waals surface area contributed by atoms with E-state index in [1.54, 1.807) is 18.4 Å². The van der Waals surface area contributed by atoms with Gasteiger partial charge in [-0.2, -0.15) is 5.26 Å². The Bertz CT molecular complexity index is 401. The van der Waals surface area contributed by atoms with Crippen molar-refractivity contribution < 1.29 is 14.3 Å². The molecule has 1 aromatic rings. The van der Waals surface area contributed by atoms with Crippen molar-refractivity contribution in [2.45, 2.75) is 25.7 Å². The number of benzene rings is 1. The van der Waals surface area contributed by atoms with Crippen molar-refractivity contribution in [3.8, 4) is 12.0 Å². The first-order chi connectivity index (χ1) is 9.33. The van der Waals surface area contributed by atoms with E-state index in [-0.39, 0.29) is 0 Å². The lowest BCUT2D eigenvalue weighted by molar-refractivity contribution is 0.200. The first kappa shape index (κ1) is 14.8. The third-order valence-corrected chi connectivity index (χ3v) is 2.46. The number of hydrogen-bond acceptors (Lipinski definition) is 4. The fourth-order valence-corrected chi connectivity index (χ4v) is 1.52. The monoisotopic (exact) mass is 262 g/mol. The molecule has 1 amide bonds. The number of amides is 1. The lowest BCUT2D eigenvalue weighted by atomic mass is 10.2. The van der Waals surface area contributed by atoms with Gasteiger partial charge in [-0.05, 0) is 31.4 Å². The van der Waals surface area contributed by atoms with Gasteiger partial charge in [0.25, 0.3) is 6.26 Å². The van der Waals surface area contributed by atoms with Gasteiger partial charge in [-0.15, -0.1) is 0 Å². The highest BCUT2D eigenvalue weighted by molar-refractivity contribution is 5.70. The number of para-hydroxylation sites is 1. The van der Waals surface area contributed by atoms with Gasteiger partial charge in [-0.25, -0.2) is 4.79 Å². The van der Waals surface area contributed by atoms with E-state index in [0.717, 1.165) is 25.7 Å². The lowest BCUT2D eigenvalue weighted by Gasteiger charge is -2.06. The highest BCUT2D eigenvalue weighted by Gasteiger charge is 2.02. The third kappa shape index (κ3) is 7.66. The number of unbranched alkanes of at least 4 members (excludes halogenated alkanes) is 3. The molecule has 0 aliphatic carbocycles. The standard InChI is InChI=1S/C14H18N2O3/c15-12-18-11-7-2-1-6-10-16-14(17)19-13-8-4-3-5-9-13/h3-5,8-9H,1-2,6-7,10-11H2,(H,16,17). The molecule has 0 saturated heterocycles. The Balaban J connectivity index is 1.98. The van der Waals surface area contributed by atoms with E-state index in [1.165, 1.54) is 0 Å². The summed E-state index contributed by atoms with van der Waals surface area (Å²) in [6, 6.07) is 8.95. The van der Waals surface area contributed by atoms with Crippen LogP contribution in [0.5, 0.6) is 5.75 Å². The Morgan fingerprint density at radius 3 is 2.63 bits per heavy atom. The molecular weight excluding hydrogens is 244 g/mol. The summed E-state index contributed by atoms with van der Waals surface area (Å²) in [5, 5.41) is 10.8. The van der Waals surface area contributed by atoms with Gasteiger partial charge in [0, 0.05) is 6.54 Å². The molecule has 1 rings (SSSR count). The average molecular weight is 262 g/mol. The van der Waals surface area contributed by atoms with Crippen LogP contribution in [0.15, 0.2) is 30.3 Å². The highest BCUT2D eigenvalue weighted by atomic mass is 16.6. The summed E-state index contributed by atoms with van der Waals surface area (Å²) in [7, 11) is 0. The van der Waals surface area contributed by atoms with E-state index < -0.39 is 6.09 Å². The highest BCUT2D eigenvalue weighted by Crippen LogP contribution is 2.08. The number of carbonyl (C=O) groups excluding carboxylic acids is 1. The average Bonchev–Trinajstić information content (AvgIpc) is 2.43. The molecule has 0 heterocycles. The number of nitrogens with one attached hydrogen (secondary N) is 1.